The highest BCUT2D eigenvalue weighted by atomic mass is 35.5. The molecule has 2 N–H and O–H groups in total. The van der Waals surface area contributed by atoms with E-state index in [1.807, 2.05) is 13.8 Å². The smallest absolute Gasteiger partial charge is 0.330 e. The second-order valence-corrected chi connectivity index (χ2v) is 7.20. The van der Waals surface area contributed by atoms with E-state index in [1.54, 1.807) is 29.2 Å². The number of benzene rings is 1. The number of hydrogen-bond acceptors (Lipinski definition) is 3. The first kappa shape index (κ1) is 20.2. The third-order valence-electron chi connectivity index (χ3n) is 4.87. The van der Waals surface area contributed by atoms with Gasteiger partial charge < -0.3 is 15.3 Å². The number of amides is 2. The second-order valence-electron chi connectivity index (χ2n) is 6.76. The molecule has 0 spiro atoms. The van der Waals surface area contributed by atoms with Crippen LogP contribution in [0.25, 0.3) is 0 Å². The van der Waals surface area contributed by atoms with Gasteiger partial charge in [0.2, 0.25) is 11.8 Å². The first-order valence-electron chi connectivity index (χ1n) is 8.90. The number of piperidine rings is 1. The molecule has 0 aliphatic carbocycles. The number of carboxylic acids is 1. The maximum absolute atomic E-state index is 12.6. The van der Waals surface area contributed by atoms with Crippen molar-refractivity contribution in [2.75, 3.05) is 13.1 Å². The summed E-state index contributed by atoms with van der Waals surface area (Å²) in [5.41, 5.74) is 0.457. The van der Waals surface area contributed by atoms with Crippen LogP contribution in [0.1, 0.15) is 44.7 Å². The third-order valence-corrected chi connectivity index (χ3v) is 5.13. The number of nitrogens with zero attached hydrogens (tertiary/aromatic N) is 1. The Balaban J connectivity index is 2.05. The molecular formula is C19H25ClN2O4. The van der Waals surface area contributed by atoms with Gasteiger partial charge in [-0.3, -0.25) is 9.59 Å². The minimum Gasteiger partial charge on any atom is -0.479 e. The van der Waals surface area contributed by atoms with Crippen LogP contribution in [0.15, 0.2) is 24.3 Å². The number of aliphatic carboxylic acids is 1. The van der Waals surface area contributed by atoms with Crippen molar-refractivity contribution in [3.8, 4) is 0 Å². The summed E-state index contributed by atoms with van der Waals surface area (Å²) < 4.78 is 0. The Labute approximate surface area is 158 Å². The van der Waals surface area contributed by atoms with E-state index in [0.29, 0.717) is 30.1 Å². The van der Waals surface area contributed by atoms with Crippen molar-refractivity contribution in [1.29, 1.82) is 0 Å². The number of hydrogen-bond donors (Lipinski definition) is 2. The van der Waals surface area contributed by atoms with Crippen molar-refractivity contribution in [2.24, 2.45) is 11.8 Å². The molecular weight excluding hydrogens is 356 g/mol. The van der Waals surface area contributed by atoms with E-state index in [4.69, 9.17) is 11.6 Å². The zero-order valence-electron chi connectivity index (χ0n) is 15.1. The van der Waals surface area contributed by atoms with E-state index in [1.165, 1.54) is 0 Å². The number of carbonyl (C=O) groups is 3. The van der Waals surface area contributed by atoms with Crippen molar-refractivity contribution in [3.63, 3.8) is 0 Å². The van der Waals surface area contributed by atoms with Gasteiger partial charge in [0.1, 0.15) is 0 Å². The summed E-state index contributed by atoms with van der Waals surface area (Å²) in [6.07, 6.45) is 2.13. The maximum atomic E-state index is 12.6. The third kappa shape index (κ3) is 4.97. The molecule has 1 aliphatic heterocycles. The molecule has 7 heteroatoms. The van der Waals surface area contributed by atoms with Crippen LogP contribution in [0.2, 0.25) is 5.02 Å². The van der Waals surface area contributed by atoms with E-state index in [-0.39, 0.29) is 17.7 Å². The molecule has 0 bridgehead atoms. The summed E-state index contributed by atoms with van der Waals surface area (Å²) in [5, 5.41) is 12.6. The van der Waals surface area contributed by atoms with E-state index in [9.17, 15) is 19.5 Å². The first-order valence-corrected chi connectivity index (χ1v) is 9.28. The number of carboxylic acid groups (broad SMARTS) is 1. The number of halogens is 1. The van der Waals surface area contributed by atoms with Crippen molar-refractivity contribution < 1.29 is 19.5 Å². The van der Waals surface area contributed by atoms with Gasteiger partial charge in [-0.2, -0.15) is 0 Å². The average Bonchev–Trinajstić information content (AvgIpc) is 2.65. The van der Waals surface area contributed by atoms with Crippen molar-refractivity contribution in [1.82, 2.24) is 10.2 Å². The van der Waals surface area contributed by atoms with Gasteiger partial charge in [0.15, 0.2) is 6.04 Å². The van der Waals surface area contributed by atoms with Gasteiger partial charge in [-0.05, 0) is 37.0 Å². The summed E-state index contributed by atoms with van der Waals surface area (Å²) in [4.78, 5) is 38.3. The minimum absolute atomic E-state index is 0.0532. The molecule has 2 rings (SSSR count). The Morgan fingerprint density at radius 1 is 1.31 bits per heavy atom. The van der Waals surface area contributed by atoms with Crippen LogP contribution in [0.4, 0.5) is 0 Å². The molecule has 1 aromatic rings. The number of carbonyl (C=O) groups excluding carboxylic acids is 2. The fourth-order valence-electron chi connectivity index (χ4n) is 3.08. The Morgan fingerprint density at radius 2 is 1.96 bits per heavy atom. The molecule has 2 amide bonds. The van der Waals surface area contributed by atoms with Crippen LogP contribution in [0, 0.1) is 11.8 Å². The monoisotopic (exact) mass is 380 g/mol. The molecule has 0 radical (unpaired) electrons. The van der Waals surface area contributed by atoms with E-state index in [0.717, 1.165) is 12.8 Å². The Hall–Kier alpha value is -2.08. The summed E-state index contributed by atoms with van der Waals surface area (Å²) in [6, 6.07) is 5.21. The lowest BCUT2D eigenvalue weighted by molar-refractivity contribution is -0.144. The fourth-order valence-corrected chi connectivity index (χ4v) is 3.21. The lowest BCUT2D eigenvalue weighted by atomic mass is 9.94. The van der Waals surface area contributed by atoms with Crippen LogP contribution in [0.5, 0.6) is 0 Å². The van der Waals surface area contributed by atoms with Gasteiger partial charge in [-0.25, -0.2) is 4.79 Å². The first-order chi connectivity index (χ1) is 12.3. The summed E-state index contributed by atoms with van der Waals surface area (Å²) in [5.74, 6) is -1.89. The highest BCUT2D eigenvalue weighted by Crippen LogP contribution is 2.22. The van der Waals surface area contributed by atoms with E-state index >= 15 is 0 Å². The zero-order chi connectivity index (χ0) is 19.3. The van der Waals surface area contributed by atoms with Gasteiger partial charge in [0, 0.05) is 24.0 Å². The predicted molar refractivity (Wildman–Crippen MR) is 98.7 cm³/mol. The standard InChI is InChI=1S/C19H25ClN2O4/c1-3-12(2)18(24)22-10-4-5-14(11-22)17(23)21-16(19(25)26)13-6-8-15(20)9-7-13/h6-9,12,14,16H,3-5,10-11H2,1-2H3,(H,21,23)(H,25,26). The molecule has 1 aliphatic rings. The van der Waals surface area contributed by atoms with Gasteiger partial charge in [-0.15, -0.1) is 0 Å². The van der Waals surface area contributed by atoms with Crippen molar-refractivity contribution in [3.05, 3.63) is 34.9 Å². The fraction of sp³-hybridized carbons (Fsp3) is 0.526. The van der Waals surface area contributed by atoms with E-state index in [2.05, 4.69) is 5.32 Å². The van der Waals surface area contributed by atoms with E-state index < -0.39 is 17.9 Å². The molecule has 1 aromatic carbocycles. The Morgan fingerprint density at radius 3 is 2.54 bits per heavy atom. The zero-order valence-corrected chi connectivity index (χ0v) is 15.8. The molecule has 0 saturated carbocycles. The predicted octanol–water partition coefficient (Wildman–Crippen LogP) is 2.87. The molecule has 3 atom stereocenters. The van der Waals surface area contributed by atoms with Crippen LogP contribution < -0.4 is 5.32 Å². The topological polar surface area (TPSA) is 86.7 Å². The minimum atomic E-state index is -1.14. The highest BCUT2D eigenvalue weighted by Gasteiger charge is 2.32. The number of nitrogens with one attached hydrogen (secondary N) is 1. The highest BCUT2D eigenvalue weighted by molar-refractivity contribution is 6.30. The quantitative estimate of drug-likeness (QED) is 0.794. The van der Waals surface area contributed by atoms with Crippen LogP contribution in [-0.2, 0) is 14.4 Å². The van der Waals surface area contributed by atoms with Gasteiger partial charge in [0.25, 0.3) is 0 Å². The lowest BCUT2D eigenvalue weighted by Crippen LogP contribution is -2.48. The van der Waals surface area contributed by atoms with Gasteiger partial charge in [0.05, 0.1) is 5.92 Å². The summed E-state index contributed by atoms with van der Waals surface area (Å²) >= 11 is 5.83. The molecule has 26 heavy (non-hydrogen) atoms. The largest absolute Gasteiger partial charge is 0.479 e. The van der Waals surface area contributed by atoms with Gasteiger partial charge >= 0.3 is 5.97 Å². The van der Waals surface area contributed by atoms with Crippen LogP contribution in [0.3, 0.4) is 0 Å². The summed E-state index contributed by atoms with van der Waals surface area (Å²) in [7, 11) is 0. The Bertz CT molecular complexity index is 662. The molecule has 142 valence electrons. The molecule has 3 unspecified atom stereocenters. The van der Waals surface area contributed by atoms with Crippen molar-refractivity contribution in [2.45, 2.75) is 39.2 Å². The second kappa shape index (κ2) is 9.03. The number of likely N-dealkylation sites (tertiary alicyclic amines) is 1. The molecule has 0 aromatic heterocycles. The average molecular weight is 381 g/mol. The normalized spacial score (nSPS) is 19.5. The molecule has 6 nitrogen and oxygen atoms in total. The maximum Gasteiger partial charge on any atom is 0.330 e. The van der Waals surface area contributed by atoms with Crippen molar-refractivity contribution >= 4 is 29.4 Å². The summed E-state index contributed by atoms with van der Waals surface area (Å²) in [6.45, 7) is 4.82. The molecule has 1 heterocycles. The van der Waals surface area contributed by atoms with Crippen LogP contribution in [-0.4, -0.2) is 40.9 Å². The Kier molecular flexibility index (Phi) is 7.03. The molecule has 1 saturated heterocycles. The van der Waals surface area contributed by atoms with Gasteiger partial charge in [-0.1, -0.05) is 37.6 Å². The molecule has 1 fully saturated rings. The SMILES string of the molecule is CCC(C)C(=O)N1CCCC(C(=O)NC(C(=O)O)c2ccc(Cl)cc2)C1. The number of rotatable bonds is 6. The van der Waals surface area contributed by atoms with Crippen LogP contribution >= 0.6 is 11.6 Å². The lowest BCUT2D eigenvalue weighted by Gasteiger charge is -2.34.